The Balaban J connectivity index is 2.08. The van der Waals surface area contributed by atoms with Gasteiger partial charge in [0.2, 0.25) is 0 Å². The molecular formula is C14H21NO2S. The molecule has 18 heavy (non-hydrogen) atoms. The van der Waals surface area contributed by atoms with E-state index in [2.05, 4.69) is 24.4 Å². The lowest BCUT2D eigenvalue weighted by Crippen LogP contribution is -2.34. The van der Waals surface area contributed by atoms with Crippen molar-refractivity contribution in [2.24, 2.45) is 0 Å². The van der Waals surface area contributed by atoms with E-state index in [9.17, 15) is 8.42 Å². The first-order valence-corrected chi connectivity index (χ1v) is 8.50. The van der Waals surface area contributed by atoms with Crippen LogP contribution in [0.5, 0.6) is 0 Å². The summed E-state index contributed by atoms with van der Waals surface area (Å²) >= 11 is 0. The minimum atomic E-state index is -2.95. The summed E-state index contributed by atoms with van der Waals surface area (Å²) in [5.41, 5.74) is 2.32. The molecule has 1 fully saturated rings. The van der Waals surface area contributed by atoms with Crippen molar-refractivity contribution in [2.45, 2.75) is 43.9 Å². The maximum absolute atomic E-state index is 11.7. The molecule has 0 aliphatic heterocycles. The van der Waals surface area contributed by atoms with E-state index in [-0.39, 0.29) is 11.3 Å². The lowest BCUT2D eigenvalue weighted by atomic mass is 10.1. The van der Waals surface area contributed by atoms with Crippen molar-refractivity contribution in [3.8, 4) is 0 Å². The van der Waals surface area contributed by atoms with Crippen LogP contribution in [0.3, 0.4) is 0 Å². The van der Waals surface area contributed by atoms with Crippen LogP contribution in [-0.4, -0.2) is 26.0 Å². The lowest BCUT2D eigenvalue weighted by Gasteiger charge is -2.20. The molecule has 2 rings (SSSR count). The predicted molar refractivity (Wildman–Crippen MR) is 75.7 cm³/mol. The van der Waals surface area contributed by atoms with Crippen LogP contribution in [0.2, 0.25) is 0 Å². The van der Waals surface area contributed by atoms with Gasteiger partial charge in [0.25, 0.3) is 0 Å². The van der Waals surface area contributed by atoms with Gasteiger partial charge in [0.1, 0.15) is 0 Å². The van der Waals surface area contributed by atoms with Gasteiger partial charge in [0.15, 0.2) is 9.84 Å². The zero-order chi connectivity index (χ0) is 13.2. The highest BCUT2D eigenvalue weighted by atomic mass is 32.2. The number of anilines is 1. The predicted octanol–water partition coefficient (Wildman–Crippen LogP) is 2.63. The Morgan fingerprint density at radius 3 is 2.44 bits per heavy atom. The summed E-state index contributed by atoms with van der Waals surface area (Å²) in [5.74, 6) is 0. The van der Waals surface area contributed by atoms with Crippen molar-refractivity contribution in [3.63, 3.8) is 0 Å². The molecule has 0 bridgehead atoms. The Bertz CT molecular complexity index is 493. The van der Waals surface area contributed by atoms with Gasteiger partial charge in [-0.15, -0.1) is 0 Å². The summed E-state index contributed by atoms with van der Waals surface area (Å²) in [6.45, 7) is 2.12. The standard InChI is InChI=1S/C14H21NO2S/c1-3-11-7-9-12(10-8-11)15-13-5-4-6-14(13)18(2,16)17/h7-10,13-15H,3-6H2,1-2H3. The molecule has 1 aliphatic rings. The van der Waals surface area contributed by atoms with Crippen molar-refractivity contribution < 1.29 is 8.42 Å². The molecule has 0 radical (unpaired) electrons. The highest BCUT2D eigenvalue weighted by molar-refractivity contribution is 7.91. The number of hydrogen-bond acceptors (Lipinski definition) is 3. The van der Waals surface area contributed by atoms with Gasteiger partial charge >= 0.3 is 0 Å². The number of aryl methyl sites for hydroxylation is 1. The van der Waals surface area contributed by atoms with Crippen LogP contribution in [0, 0.1) is 0 Å². The maximum atomic E-state index is 11.7. The Kier molecular flexibility index (Phi) is 3.95. The molecule has 1 aliphatic carbocycles. The van der Waals surface area contributed by atoms with E-state index in [1.807, 2.05) is 12.1 Å². The number of benzene rings is 1. The number of nitrogens with one attached hydrogen (secondary N) is 1. The first-order valence-electron chi connectivity index (χ1n) is 6.55. The zero-order valence-corrected chi connectivity index (χ0v) is 11.8. The van der Waals surface area contributed by atoms with Crippen LogP contribution in [-0.2, 0) is 16.3 Å². The number of hydrogen-bond donors (Lipinski definition) is 1. The molecule has 0 spiro atoms. The van der Waals surface area contributed by atoms with Gasteiger partial charge in [0, 0.05) is 18.0 Å². The summed E-state index contributed by atoms with van der Waals surface area (Å²) in [5, 5.41) is 3.14. The van der Waals surface area contributed by atoms with E-state index in [0.29, 0.717) is 0 Å². The third kappa shape index (κ3) is 3.05. The van der Waals surface area contributed by atoms with Gasteiger partial charge in [0.05, 0.1) is 5.25 Å². The van der Waals surface area contributed by atoms with Crippen LogP contribution >= 0.6 is 0 Å². The normalized spacial score (nSPS) is 24.1. The van der Waals surface area contributed by atoms with Gasteiger partial charge in [-0.2, -0.15) is 0 Å². The monoisotopic (exact) mass is 267 g/mol. The average Bonchev–Trinajstić information content (AvgIpc) is 2.78. The SMILES string of the molecule is CCc1ccc(NC2CCCC2S(C)(=O)=O)cc1. The second kappa shape index (κ2) is 5.31. The van der Waals surface area contributed by atoms with Crippen molar-refractivity contribution in [1.29, 1.82) is 0 Å². The van der Waals surface area contributed by atoms with Crippen LogP contribution in [0.4, 0.5) is 5.69 Å². The Morgan fingerprint density at radius 2 is 1.89 bits per heavy atom. The summed E-state index contributed by atoms with van der Waals surface area (Å²) in [6.07, 6.45) is 5.08. The smallest absolute Gasteiger partial charge is 0.152 e. The molecule has 2 unspecified atom stereocenters. The molecule has 1 N–H and O–H groups in total. The fraction of sp³-hybridized carbons (Fsp3) is 0.571. The Morgan fingerprint density at radius 1 is 1.22 bits per heavy atom. The van der Waals surface area contributed by atoms with Crippen molar-refractivity contribution in [2.75, 3.05) is 11.6 Å². The summed E-state index contributed by atoms with van der Waals surface area (Å²) in [6, 6.07) is 8.32. The third-order valence-electron chi connectivity index (χ3n) is 3.72. The first kappa shape index (κ1) is 13.4. The summed E-state index contributed by atoms with van der Waals surface area (Å²) in [4.78, 5) is 0. The molecule has 1 aromatic rings. The maximum Gasteiger partial charge on any atom is 0.152 e. The lowest BCUT2D eigenvalue weighted by molar-refractivity contribution is 0.579. The van der Waals surface area contributed by atoms with Crippen LogP contribution in [0.1, 0.15) is 31.7 Å². The largest absolute Gasteiger partial charge is 0.381 e. The van der Waals surface area contributed by atoms with Crippen molar-refractivity contribution >= 4 is 15.5 Å². The molecule has 4 heteroatoms. The van der Waals surface area contributed by atoms with Gasteiger partial charge in [-0.25, -0.2) is 8.42 Å². The average molecular weight is 267 g/mol. The fourth-order valence-electron chi connectivity index (χ4n) is 2.65. The Hall–Kier alpha value is -1.03. The molecule has 100 valence electrons. The summed E-state index contributed by atoms with van der Waals surface area (Å²) < 4.78 is 23.4. The summed E-state index contributed by atoms with van der Waals surface area (Å²) in [7, 11) is -2.95. The van der Waals surface area contributed by atoms with E-state index >= 15 is 0 Å². The van der Waals surface area contributed by atoms with E-state index in [1.54, 1.807) is 0 Å². The van der Waals surface area contributed by atoms with Gasteiger partial charge in [-0.05, 0) is 43.4 Å². The second-order valence-electron chi connectivity index (χ2n) is 5.10. The van der Waals surface area contributed by atoms with Gasteiger partial charge in [-0.1, -0.05) is 19.1 Å². The van der Waals surface area contributed by atoms with E-state index in [0.717, 1.165) is 31.4 Å². The van der Waals surface area contributed by atoms with E-state index in [4.69, 9.17) is 0 Å². The van der Waals surface area contributed by atoms with Crippen LogP contribution in [0.25, 0.3) is 0 Å². The molecule has 1 aromatic carbocycles. The molecule has 0 saturated heterocycles. The number of rotatable bonds is 4. The first-order chi connectivity index (χ1) is 8.50. The molecule has 0 aromatic heterocycles. The van der Waals surface area contributed by atoms with E-state index < -0.39 is 9.84 Å². The molecule has 1 saturated carbocycles. The highest BCUT2D eigenvalue weighted by Crippen LogP contribution is 2.28. The fourth-order valence-corrected chi connectivity index (χ4v) is 4.05. The van der Waals surface area contributed by atoms with Crippen molar-refractivity contribution in [1.82, 2.24) is 0 Å². The van der Waals surface area contributed by atoms with E-state index in [1.165, 1.54) is 11.8 Å². The third-order valence-corrected chi connectivity index (χ3v) is 5.38. The van der Waals surface area contributed by atoms with Gasteiger partial charge in [-0.3, -0.25) is 0 Å². The highest BCUT2D eigenvalue weighted by Gasteiger charge is 2.34. The van der Waals surface area contributed by atoms with Crippen LogP contribution in [0.15, 0.2) is 24.3 Å². The minimum Gasteiger partial charge on any atom is -0.381 e. The number of sulfone groups is 1. The molecule has 0 amide bonds. The molecule has 3 nitrogen and oxygen atoms in total. The Labute approximate surface area is 110 Å². The molecule has 2 atom stereocenters. The zero-order valence-electron chi connectivity index (χ0n) is 11.0. The van der Waals surface area contributed by atoms with Crippen LogP contribution < -0.4 is 5.32 Å². The van der Waals surface area contributed by atoms with Gasteiger partial charge < -0.3 is 5.32 Å². The molecule has 0 heterocycles. The second-order valence-corrected chi connectivity index (χ2v) is 7.36. The minimum absolute atomic E-state index is 0.0625. The molecular weight excluding hydrogens is 246 g/mol. The quantitative estimate of drug-likeness (QED) is 0.912. The van der Waals surface area contributed by atoms with Crippen molar-refractivity contribution in [3.05, 3.63) is 29.8 Å². The topological polar surface area (TPSA) is 46.2 Å².